The molecule has 3 rings (SSSR count). The lowest BCUT2D eigenvalue weighted by molar-refractivity contribution is -0.118. The van der Waals surface area contributed by atoms with E-state index in [4.69, 9.17) is 4.74 Å². The fourth-order valence-corrected chi connectivity index (χ4v) is 3.19. The lowest BCUT2D eigenvalue weighted by atomic mass is 10.1. The normalized spacial score (nSPS) is 16.6. The molecule has 2 aromatic carbocycles. The number of thioether (sulfide) groups is 1. The zero-order valence-electron chi connectivity index (χ0n) is 13.0. The van der Waals surface area contributed by atoms with E-state index < -0.39 is 11.1 Å². The van der Waals surface area contributed by atoms with E-state index in [0.717, 1.165) is 17.3 Å². The second kappa shape index (κ2) is 7.48. The Balaban J connectivity index is 1.54. The highest BCUT2D eigenvalue weighted by Gasteiger charge is 2.31. The summed E-state index contributed by atoms with van der Waals surface area (Å²) in [5.74, 6) is -0.412. The van der Waals surface area contributed by atoms with Crippen molar-refractivity contribution in [2.75, 3.05) is 6.61 Å². The molecule has 2 amide bonds. The van der Waals surface area contributed by atoms with Crippen LogP contribution < -0.4 is 10.1 Å². The molecule has 0 radical (unpaired) electrons. The highest BCUT2D eigenvalue weighted by atomic mass is 32.2. The maximum atomic E-state index is 12.8. The highest BCUT2D eigenvalue weighted by Crippen LogP contribution is 2.23. The number of imide groups is 1. The highest BCUT2D eigenvalue weighted by molar-refractivity contribution is 8.15. The third kappa shape index (κ3) is 4.45. The summed E-state index contributed by atoms with van der Waals surface area (Å²) in [5, 5.41) is 1.51. The van der Waals surface area contributed by atoms with E-state index in [1.54, 1.807) is 24.3 Å². The van der Waals surface area contributed by atoms with Gasteiger partial charge in [0.2, 0.25) is 5.91 Å². The zero-order valence-corrected chi connectivity index (χ0v) is 13.8. The molecule has 1 atom stereocenters. The van der Waals surface area contributed by atoms with Gasteiger partial charge in [0.05, 0.1) is 5.25 Å². The summed E-state index contributed by atoms with van der Waals surface area (Å²) in [6, 6.07) is 12.3. The number of hydrogen-bond donors (Lipinski definition) is 1. The smallest absolute Gasteiger partial charge is 0.286 e. The second-order valence-electron chi connectivity index (χ2n) is 5.45. The van der Waals surface area contributed by atoms with Crippen molar-refractivity contribution in [3.8, 4) is 5.75 Å². The molecule has 0 aliphatic carbocycles. The molecular formula is C18H14FNO4S. The molecular weight excluding hydrogens is 345 g/mol. The maximum absolute atomic E-state index is 12.8. The van der Waals surface area contributed by atoms with Gasteiger partial charge in [-0.05, 0) is 48.4 Å². The molecule has 0 unspecified atom stereocenters. The Hall–Kier alpha value is -2.67. The molecule has 0 spiro atoms. The van der Waals surface area contributed by atoms with Crippen molar-refractivity contribution < 1.29 is 23.5 Å². The van der Waals surface area contributed by atoms with Crippen LogP contribution in [0.25, 0.3) is 0 Å². The number of carbonyl (C=O) groups is 3. The number of nitrogens with one attached hydrogen (secondary N) is 1. The molecule has 7 heteroatoms. The van der Waals surface area contributed by atoms with Crippen molar-refractivity contribution in [3.63, 3.8) is 0 Å². The largest absolute Gasteiger partial charge is 0.485 e. The van der Waals surface area contributed by atoms with Crippen molar-refractivity contribution in [1.29, 1.82) is 0 Å². The third-order valence-electron chi connectivity index (χ3n) is 3.65. The summed E-state index contributed by atoms with van der Waals surface area (Å²) in [7, 11) is 0. The van der Waals surface area contributed by atoms with Crippen LogP contribution in [-0.4, -0.2) is 28.8 Å². The summed E-state index contributed by atoms with van der Waals surface area (Å²) in [6.07, 6.45) is 0.441. The van der Waals surface area contributed by atoms with Crippen LogP contribution in [-0.2, 0) is 11.2 Å². The quantitative estimate of drug-likeness (QED) is 0.803. The fourth-order valence-electron chi connectivity index (χ4n) is 2.33. The van der Waals surface area contributed by atoms with E-state index in [-0.39, 0.29) is 23.5 Å². The monoisotopic (exact) mass is 359 g/mol. The van der Waals surface area contributed by atoms with E-state index >= 15 is 0 Å². The number of hydrogen-bond acceptors (Lipinski definition) is 5. The van der Waals surface area contributed by atoms with Gasteiger partial charge < -0.3 is 4.74 Å². The molecule has 1 aliphatic heterocycles. The number of halogens is 1. The van der Waals surface area contributed by atoms with Crippen LogP contribution in [0.2, 0.25) is 0 Å². The molecule has 1 saturated heterocycles. The Labute approximate surface area is 147 Å². The lowest BCUT2D eigenvalue weighted by Gasteiger charge is -2.08. The van der Waals surface area contributed by atoms with E-state index in [0.29, 0.717) is 17.7 Å². The van der Waals surface area contributed by atoms with Crippen LogP contribution in [0.3, 0.4) is 0 Å². The fraction of sp³-hybridized carbons (Fsp3) is 0.167. The molecule has 2 aromatic rings. The molecule has 0 aromatic heterocycles. The summed E-state index contributed by atoms with van der Waals surface area (Å²) >= 11 is 0.983. The van der Waals surface area contributed by atoms with Gasteiger partial charge in [0.15, 0.2) is 12.4 Å². The third-order valence-corrected chi connectivity index (χ3v) is 4.63. The molecule has 1 aliphatic rings. The molecule has 0 saturated carbocycles. The average molecular weight is 359 g/mol. The minimum atomic E-state index is -0.417. The first kappa shape index (κ1) is 17.2. The summed E-state index contributed by atoms with van der Waals surface area (Å²) < 4.78 is 18.3. The Kier molecular flexibility index (Phi) is 5.14. The molecule has 1 fully saturated rings. The first-order valence-corrected chi connectivity index (χ1v) is 8.41. The van der Waals surface area contributed by atoms with Crippen LogP contribution in [0.15, 0.2) is 48.5 Å². The molecule has 25 heavy (non-hydrogen) atoms. The van der Waals surface area contributed by atoms with Gasteiger partial charge in [0.25, 0.3) is 5.24 Å². The molecule has 128 valence electrons. The van der Waals surface area contributed by atoms with E-state index in [2.05, 4.69) is 5.32 Å². The Morgan fingerprint density at radius 2 is 1.76 bits per heavy atom. The minimum Gasteiger partial charge on any atom is -0.485 e. The van der Waals surface area contributed by atoms with Gasteiger partial charge in [-0.1, -0.05) is 23.9 Å². The van der Waals surface area contributed by atoms with E-state index in [1.807, 2.05) is 0 Å². The van der Waals surface area contributed by atoms with Crippen LogP contribution in [0, 0.1) is 5.82 Å². The van der Waals surface area contributed by atoms with Crippen molar-refractivity contribution in [2.45, 2.75) is 11.7 Å². The predicted octanol–water partition coefficient (Wildman–Crippen LogP) is 2.98. The first-order chi connectivity index (χ1) is 12.0. The van der Waals surface area contributed by atoms with Gasteiger partial charge in [-0.15, -0.1) is 0 Å². The Morgan fingerprint density at radius 1 is 1.08 bits per heavy atom. The number of Topliss-reactive ketones (excluding diaryl/α,β-unsaturated/α-hetero) is 1. The van der Waals surface area contributed by atoms with Gasteiger partial charge in [-0.3, -0.25) is 19.7 Å². The van der Waals surface area contributed by atoms with Crippen LogP contribution in [0.1, 0.15) is 15.9 Å². The number of carbonyl (C=O) groups excluding carboxylic acids is 3. The van der Waals surface area contributed by atoms with Gasteiger partial charge in [-0.2, -0.15) is 0 Å². The van der Waals surface area contributed by atoms with Crippen molar-refractivity contribution in [1.82, 2.24) is 5.32 Å². The van der Waals surface area contributed by atoms with E-state index in [1.165, 1.54) is 24.3 Å². The lowest BCUT2D eigenvalue weighted by Crippen LogP contribution is -2.25. The van der Waals surface area contributed by atoms with Gasteiger partial charge in [0.1, 0.15) is 11.6 Å². The topological polar surface area (TPSA) is 72.5 Å². The summed E-state index contributed by atoms with van der Waals surface area (Å²) in [6.45, 7) is -0.152. The van der Waals surface area contributed by atoms with Gasteiger partial charge in [0, 0.05) is 5.56 Å². The van der Waals surface area contributed by atoms with Crippen LogP contribution >= 0.6 is 11.8 Å². The van der Waals surface area contributed by atoms with Crippen molar-refractivity contribution in [3.05, 3.63) is 65.5 Å². The Bertz CT molecular complexity index is 805. The summed E-state index contributed by atoms with van der Waals surface area (Å²) in [4.78, 5) is 34.7. The number of rotatable bonds is 6. The molecule has 1 heterocycles. The maximum Gasteiger partial charge on any atom is 0.286 e. The van der Waals surface area contributed by atoms with Crippen LogP contribution in [0.4, 0.5) is 9.18 Å². The standard InChI is InChI=1S/C18H14FNO4S/c19-13-5-3-12(4-6-13)15(21)10-24-14-7-1-11(2-8-14)9-16-17(22)20-18(23)25-16/h1-8,16H,9-10H2,(H,20,22,23)/t16-/m1/s1. The number of ketones is 1. The molecule has 5 nitrogen and oxygen atoms in total. The SMILES string of the molecule is O=C1NC(=O)[C@@H](Cc2ccc(OCC(=O)c3ccc(F)cc3)cc2)S1. The number of ether oxygens (including phenoxy) is 1. The second-order valence-corrected chi connectivity index (χ2v) is 6.63. The number of benzene rings is 2. The van der Waals surface area contributed by atoms with E-state index in [9.17, 15) is 18.8 Å². The minimum absolute atomic E-state index is 0.152. The zero-order chi connectivity index (χ0) is 17.8. The molecule has 1 N–H and O–H groups in total. The first-order valence-electron chi connectivity index (χ1n) is 7.53. The Morgan fingerprint density at radius 3 is 2.36 bits per heavy atom. The van der Waals surface area contributed by atoms with Crippen molar-refractivity contribution in [2.24, 2.45) is 0 Å². The summed E-state index contributed by atoms with van der Waals surface area (Å²) in [5.41, 5.74) is 1.27. The number of amides is 2. The van der Waals surface area contributed by atoms with Crippen molar-refractivity contribution >= 4 is 28.7 Å². The van der Waals surface area contributed by atoms with Gasteiger partial charge >= 0.3 is 0 Å². The predicted molar refractivity (Wildman–Crippen MR) is 91.3 cm³/mol. The average Bonchev–Trinajstić information content (AvgIpc) is 2.92. The van der Waals surface area contributed by atoms with Crippen LogP contribution in [0.5, 0.6) is 5.75 Å². The van der Waals surface area contributed by atoms with Gasteiger partial charge in [-0.25, -0.2) is 4.39 Å². The molecule has 0 bridgehead atoms.